The molecular formula is C28H28N4O2S. The summed E-state index contributed by atoms with van der Waals surface area (Å²) in [5.41, 5.74) is 3.16. The summed E-state index contributed by atoms with van der Waals surface area (Å²) in [7, 11) is 0. The van der Waals surface area contributed by atoms with Gasteiger partial charge in [-0.25, -0.2) is 0 Å². The maximum Gasteiger partial charge on any atom is 0.230 e. The molecule has 35 heavy (non-hydrogen) atoms. The summed E-state index contributed by atoms with van der Waals surface area (Å²) in [4.78, 5) is 12.9. The number of thioether (sulfide) groups is 1. The van der Waals surface area contributed by atoms with Gasteiger partial charge in [-0.15, -0.1) is 10.2 Å². The summed E-state index contributed by atoms with van der Waals surface area (Å²) in [5, 5.41) is 12.7. The van der Waals surface area contributed by atoms with Gasteiger partial charge in [0.25, 0.3) is 0 Å². The summed E-state index contributed by atoms with van der Waals surface area (Å²) in [5.74, 6) is 2.28. The van der Waals surface area contributed by atoms with E-state index in [1.165, 1.54) is 11.8 Å². The number of amides is 1. The van der Waals surface area contributed by atoms with E-state index in [1.807, 2.05) is 84.3 Å². The van der Waals surface area contributed by atoms with Gasteiger partial charge in [0, 0.05) is 5.69 Å². The van der Waals surface area contributed by atoms with Gasteiger partial charge >= 0.3 is 0 Å². The van der Waals surface area contributed by atoms with Crippen molar-refractivity contribution in [3.8, 4) is 11.4 Å². The Morgan fingerprint density at radius 2 is 1.69 bits per heavy atom. The minimum Gasteiger partial charge on any atom is -0.485 e. The van der Waals surface area contributed by atoms with E-state index in [4.69, 9.17) is 4.74 Å². The maximum absolute atomic E-state index is 12.9. The Labute approximate surface area is 209 Å². The Hall–Kier alpha value is -3.58. The molecule has 7 heteroatoms. The number of carbonyl (C=O) groups excluding carboxylic acids is 1. The third kappa shape index (κ3) is 5.74. The number of hydrogen-bond donors (Lipinski definition) is 1. The first kappa shape index (κ1) is 23.2. The van der Waals surface area contributed by atoms with Crippen LogP contribution >= 0.6 is 11.8 Å². The molecule has 0 saturated heterocycles. The Kier molecular flexibility index (Phi) is 7.14. The molecule has 1 unspecified atom stereocenters. The molecule has 1 atom stereocenters. The van der Waals surface area contributed by atoms with Crippen molar-refractivity contribution in [3.63, 3.8) is 0 Å². The topological polar surface area (TPSA) is 69.0 Å². The fourth-order valence-electron chi connectivity index (χ4n) is 4.09. The lowest BCUT2D eigenvalue weighted by atomic mass is 10.0. The third-order valence-corrected chi connectivity index (χ3v) is 7.00. The third-order valence-electron chi connectivity index (χ3n) is 6.07. The summed E-state index contributed by atoms with van der Waals surface area (Å²) in [6.07, 6.45) is 2.30. The van der Waals surface area contributed by atoms with Gasteiger partial charge in [-0.3, -0.25) is 9.36 Å². The standard InChI is InChI=1S/C28H28N4O2S/c1-20-10-8-9-15-24(20)34-18-25-30-31-28(32(25)23-13-6-3-7-14-23)35-19-26(33)29-27(22-16-17-22)21-11-4-2-5-12-21/h2-15,22,27H,16-19H2,1H3,(H,29,33). The van der Waals surface area contributed by atoms with Crippen molar-refractivity contribution in [1.82, 2.24) is 20.1 Å². The lowest BCUT2D eigenvalue weighted by Gasteiger charge is -2.18. The van der Waals surface area contributed by atoms with Crippen molar-refractivity contribution >= 4 is 17.7 Å². The van der Waals surface area contributed by atoms with Gasteiger partial charge in [-0.05, 0) is 55.0 Å². The Morgan fingerprint density at radius 1 is 1.00 bits per heavy atom. The van der Waals surface area contributed by atoms with Crippen LogP contribution in [0, 0.1) is 12.8 Å². The van der Waals surface area contributed by atoms with Gasteiger partial charge in [0.1, 0.15) is 12.4 Å². The van der Waals surface area contributed by atoms with Crippen LogP contribution < -0.4 is 10.1 Å². The summed E-state index contributed by atoms with van der Waals surface area (Å²) in [6, 6.07) is 28.1. The van der Waals surface area contributed by atoms with Crippen molar-refractivity contribution < 1.29 is 9.53 Å². The van der Waals surface area contributed by atoms with E-state index in [0.717, 1.165) is 35.4 Å². The highest BCUT2D eigenvalue weighted by atomic mass is 32.2. The minimum absolute atomic E-state index is 0.00363. The Morgan fingerprint density at radius 3 is 2.40 bits per heavy atom. The van der Waals surface area contributed by atoms with Crippen molar-refractivity contribution in [3.05, 3.63) is 102 Å². The molecule has 1 aliphatic carbocycles. The second kappa shape index (κ2) is 10.8. The SMILES string of the molecule is Cc1ccccc1OCc1nnc(SCC(=O)NC(c2ccccc2)C2CC2)n1-c1ccccc1. The number of ether oxygens (including phenoxy) is 1. The molecular weight excluding hydrogens is 456 g/mol. The van der Waals surface area contributed by atoms with Crippen LogP contribution in [0.2, 0.25) is 0 Å². The molecule has 1 N–H and O–H groups in total. The number of nitrogens with zero attached hydrogens (tertiary/aromatic N) is 3. The van der Waals surface area contributed by atoms with Crippen LogP contribution in [0.3, 0.4) is 0 Å². The van der Waals surface area contributed by atoms with Crippen LogP contribution in [0.25, 0.3) is 5.69 Å². The van der Waals surface area contributed by atoms with Crippen molar-refractivity contribution in [2.45, 2.75) is 37.6 Å². The molecule has 1 saturated carbocycles. The first-order chi connectivity index (χ1) is 17.2. The largest absolute Gasteiger partial charge is 0.485 e. The second-order valence-electron chi connectivity index (χ2n) is 8.71. The van der Waals surface area contributed by atoms with E-state index >= 15 is 0 Å². The van der Waals surface area contributed by atoms with Gasteiger partial charge < -0.3 is 10.1 Å². The summed E-state index contributed by atoms with van der Waals surface area (Å²) in [6.45, 7) is 2.29. The minimum atomic E-state index is -0.00363. The highest BCUT2D eigenvalue weighted by molar-refractivity contribution is 7.99. The molecule has 1 aliphatic rings. The van der Waals surface area contributed by atoms with E-state index in [1.54, 1.807) is 0 Å². The highest BCUT2D eigenvalue weighted by Gasteiger charge is 2.33. The molecule has 3 aromatic carbocycles. The normalized spacial score (nSPS) is 13.9. The molecule has 4 aromatic rings. The average molecular weight is 485 g/mol. The van der Waals surface area contributed by atoms with Crippen molar-refractivity contribution in [1.29, 1.82) is 0 Å². The van der Waals surface area contributed by atoms with Crippen LogP contribution in [-0.4, -0.2) is 26.4 Å². The number of nitrogens with one attached hydrogen (secondary N) is 1. The molecule has 1 fully saturated rings. The zero-order chi connectivity index (χ0) is 24.0. The maximum atomic E-state index is 12.9. The van der Waals surface area contributed by atoms with Crippen molar-refractivity contribution in [2.75, 3.05) is 5.75 Å². The van der Waals surface area contributed by atoms with Crippen LogP contribution in [0.4, 0.5) is 0 Å². The zero-order valence-electron chi connectivity index (χ0n) is 19.6. The van der Waals surface area contributed by atoms with Gasteiger partial charge in [0.2, 0.25) is 5.91 Å². The number of aromatic nitrogens is 3. The van der Waals surface area contributed by atoms with E-state index in [9.17, 15) is 4.79 Å². The van der Waals surface area contributed by atoms with E-state index in [0.29, 0.717) is 16.9 Å². The van der Waals surface area contributed by atoms with E-state index in [2.05, 4.69) is 27.6 Å². The van der Waals surface area contributed by atoms with E-state index < -0.39 is 0 Å². The average Bonchev–Trinajstić information content (AvgIpc) is 3.66. The molecule has 1 amide bonds. The predicted molar refractivity (Wildman–Crippen MR) is 138 cm³/mol. The molecule has 1 heterocycles. The number of hydrogen-bond acceptors (Lipinski definition) is 5. The molecule has 0 bridgehead atoms. The van der Waals surface area contributed by atoms with Gasteiger partial charge in [-0.2, -0.15) is 0 Å². The molecule has 0 spiro atoms. The molecule has 178 valence electrons. The zero-order valence-corrected chi connectivity index (χ0v) is 20.4. The second-order valence-corrected chi connectivity index (χ2v) is 9.65. The first-order valence-corrected chi connectivity index (χ1v) is 12.8. The lowest BCUT2D eigenvalue weighted by molar-refractivity contribution is -0.119. The fourth-order valence-corrected chi connectivity index (χ4v) is 4.87. The molecule has 0 aliphatic heterocycles. The molecule has 0 radical (unpaired) electrons. The van der Waals surface area contributed by atoms with Gasteiger partial charge in [0.05, 0.1) is 11.8 Å². The first-order valence-electron chi connectivity index (χ1n) is 11.8. The molecule has 5 rings (SSSR count). The van der Waals surface area contributed by atoms with Crippen LogP contribution in [0.15, 0.2) is 90.1 Å². The smallest absolute Gasteiger partial charge is 0.230 e. The summed E-state index contributed by atoms with van der Waals surface area (Å²) < 4.78 is 8.01. The number of aryl methyl sites for hydroxylation is 1. The number of para-hydroxylation sites is 2. The van der Waals surface area contributed by atoms with Gasteiger partial charge in [-0.1, -0.05) is 78.5 Å². The molecule has 1 aromatic heterocycles. The van der Waals surface area contributed by atoms with Crippen molar-refractivity contribution in [2.24, 2.45) is 5.92 Å². The lowest BCUT2D eigenvalue weighted by Crippen LogP contribution is -2.31. The number of rotatable bonds is 10. The predicted octanol–water partition coefficient (Wildman–Crippen LogP) is 5.51. The monoisotopic (exact) mass is 484 g/mol. The molecule has 6 nitrogen and oxygen atoms in total. The quantitative estimate of drug-likeness (QED) is 0.301. The van der Waals surface area contributed by atoms with Gasteiger partial charge in [0.15, 0.2) is 11.0 Å². The van der Waals surface area contributed by atoms with Crippen LogP contribution in [-0.2, 0) is 11.4 Å². The van der Waals surface area contributed by atoms with E-state index in [-0.39, 0.29) is 24.3 Å². The number of carbonyl (C=O) groups is 1. The van der Waals surface area contributed by atoms with Crippen LogP contribution in [0.5, 0.6) is 5.75 Å². The fraction of sp³-hybridized carbons (Fsp3) is 0.250. The Balaban J connectivity index is 1.30. The Bertz CT molecular complexity index is 1270. The summed E-state index contributed by atoms with van der Waals surface area (Å²) >= 11 is 1.39. The van der Waals surface area contributed by atoms with Crippen LogP contribution in [0.1, 0.15) is 35.8 Å². The highest BCUT2D eigenvalue weighted by Crippen LogP contribution is 2.41. The number of benzene rings is 3.